The number of hydrogen-bond donors (Lipinski definition) is 0. The monoisotopic (exact) mass is 324 g/mol. The maximum atomic E-state index is 5.91. The molecule has 0 amide bonds. The molecule has 0 bridgehead atoms. The fraction of sp³-hybridized carbons (Fsp3) is 1.00. The number of unbranched alkanes of at least 4 members (excludes halogenated alkanes) is 3. The van der Waals surface area contributed by atoms with E-state index >= 15 is 0 Å². The predicted molar refractivity (Wildman–Crippen MR) is 103 cm³/mol. The standard InChI is InChI=1S/C22H44O/c1-5-9-13-19(7-3)15-11-12-16-21-22(23-21)18-17-20(8-4)14-10-6-2/h19-22H,5-18H2,1-4H3. The number of ether oxygens (including phenoxy) is 1. The van der Waals surface area contributed by atoms with Crippen molar-refractivity contribution in [3.63, 3.8) is 0 Å². The average molecular weight is 325 g/mol. The van der Waals surface area contributed by atoms with Gasteiger partial charge >= 0.3 is 0 Å². The Balaban J connectivity index is 1.99. The Morgan fingerprint density at radius 3 is 1.70 bits per heavy atom. The molecule has 23 heavy (non-hydrogen) atoms. The summed E-state index contributed by atoms with van der Waals surface area (Å²) in [5.41, 5.74) is 0. The van der Waals surface area contributed by atoms with Crippen LogP contribution in [0, 0.1) is 11.8 Å². The van der Waals surface area contributed by atoms with E-state index in [9.17, 15) is 0 Å². The number of epoxide rings is 1. The van der Waals surface area contributed by atoms with Crippen LogP contribution in [0.5, 0.6) is 0 Å². The van der Waals surface area contributed by atoms with Crippen LogP contribution < -0.4 is 0 Å². The Morgan fingerprint density at radius 2 is 1.13 bits per heavy atom. The summed E-state index contributed by atoms with van der Waals surface area (Å²) in [6.07, 6.45) is 20.7. The Kier molecular flexibility index (Phi) is 12.1. The summed E-state index contributed by atoms with van der Waals surface area (Å²) < 4.78 is 5.91. The van der Waals surface area contributed by atoms with Crippen LogP contribution in [0.2, 0.25) is 0 Å². The lowest BCUT2D eigenvalue weighted by Gasteiger charge is -2.14. The van der Waals surface area contributed by atoms with E-state index in [2.05, 4.69) is 27.7 Å². The van der Waals surface area contributed by atoms with Crippen LogP contribution in [0.15, 0.2) is 0 Å². The number of hydrogen-bond acceptors (Lipinski definition) is 1. The van der Waals surface area contributed by atoms with Gasteiger partial charge in [-0.25, -0.2) is 0 Å². The van der Waals surface area contributed by atoms with Gasteiger partial charge in [0.05, 0.1) is 12.2 Å². The highest BCUT2D eigenvalue weighted by molar-refractivity contribution is 4.85. The molecule has 1 heterocycles. The van der Waals surface area contributed by atoms with Crippen LogP contribution in [0.25, 0.3) is 0 Å². The fourth-order valence-corrected chi connectivity index (χ4v) is 3.96. The molecule has 1 nitrogen and oxygen atoms in total. The van der Waals surface area contributed by atoms with Crippen molar-refractivity contribution in [1.82, 2.24) is 0 Å². The van der Waals surface area contributed by atoms with Crippen LogP contribution in [0.3, 0.4) is 0 Å². The van der Waals surface area contributed by atoms with Crippen molar-refractivity contribution in [2.24, 2.45) is 11.8 Å². The molecule has 0 aliphatic carbocycles. The molecule has 1 fully saturated rings. The van der Waals surface area contributed by atoms with Gasteiger partial charge in [-0.1, -0.05) is 98.3 Å². The normalized spacial score (nSPS) is 23.0. The van der Waals surface area contributed by atoms with Crippen molar-refractivity contribution in [3.8, 4) is 0 Å². The maximum absolute atomic E-state index is 5.91. The Morgan fingerprint density at radius 1 is 0.609 bits per heavy atom. The maximum Gasteiger partial charge on any atom is 0.0842 e. The Labute approximate surface area is 147 Å². The van der Waals surface area contributed by atoms with Crippen molar-refractivity contribution in [3.05, 3.63) is 0 Å². The molecule has 0 aromatic heterocycles. The van der Waals surface area contributed by atoms with Crippen LogP contribution >= 0.6 is 0 Å². The molecular weight excluding hydrogens is 280 g/mol. The molecule has 1 aliphatic heterocycles. The van der Waals surface area contributed by atoms with Crippen molar-refractivity contribution in [2.45, 2.75) is 130 Å². The van der Waals surface area contributed by atoms with Gasteiger partial charge in [-0.3, -0.25) is 0 Å². The zero-order valence-electron chi connectivity index (χ0n) is 16.6. The average Bonchev–Trinajstić information content (AvgIpc) is 3.33. The topological polar surface area (TPSA) is 12.5 Å². The van der Waals surface area contributed by atoms with Crippen molar-refractivity contribution in [2.75, 3.05) is 0 Å². The minimum absolute atomic E-state index is 0.618. The van der Waals surface area contributed by atoms with E-state index in [0.717, 1.165) is 11.8 Å². The molecule has 0 spiro atoms. The highest BCUT2D eigenvalue weighted by atomic mass is 16.6. The van der Waals surface area contributed by atoms with Gasteiger partial charge in [0.2, 0.25) is 0 Å². The molecule has 1 rings (SSSR count). The zero-order valence-corrected chi connectivity index (χ0v) is 16.6. The van der Waals surface area contributed by atoms with Gasteiger partial charge in [0.25, 0.3) is 0 Å². The first-order valence-electron chi connectivity index (χ1n) is 10.9. The predicted octanol–water partition coefficient (Wildman–Crippen LogP) is 7.53. The third-order valence-electron chi connectivity index (χ3n) is 5.98. The second-order valence-corrected chi connectivity index (χ2v) is 7.91. The van der Waals surface area contributed by atoms with Gasteiger partial charge in [0.15, 0.2) is 0 Å². The fourth-order valence-electron chi connectivity index (χ4n) is 3.96. The second kappa shape index (κ2) is 13.3. The first-order chi connectivity index (χ1) is 11.2. The highest BCUT2D eigenvalue weighted by Gasteiger charge is 2.37. The summed E-state index contributed by atoms with van der Waals surface area (Å²) in [5.74, 6) is 1.93. The van der Waals surface area contributed by atoms with Gasteiger partial charge in [-0.2, -0.15) is 0 Å². The van der Waals surface area contributed by atoms with Crippen molar-refractivity contribution in [1.29, 1.82) is 0 Å². The van der Waals surface area contributed by atoms with Gasteiger partial charge in [0, 0.05) is 0 Å². The minimum Gasteiger partial charge on any atom is -0.370 e. The van der Waals surface area contributed by atoms with Crippen LogP contribution in [0.4, 0.5) is 0 Å². The van der Waals surface area contributed by atoms with Gasteiger partial charge < -0.3 is 4.74 Å². The highest BCUT2D eigenvalue weighted by Crippen LogP contribution is 2.33. The second-order valence-electron chi connectivity index (χ2n) is 7.91. The molecule has 0 radical (unpaired) electrons. The van der Waals surface area contributed by atoms with E-state index in [-0.39, 0.29) is 0 Å². The van der Waals surface area contributed by atoms with Gasteiger partial charge in [-0.05, 0) is 31.1 Å². The van der Waals surface area contributed by atoms with E-state index in [1.54, 1.807) is 0 Å². The zero-order chi connectivity index (χ0) is 16.9. The van der Waals surface area contributed by atoms with Crippen molar-refractivity contribution < 1.29 is 4.74 Å². The summed E-state index contributed by atoms with van der Waals surface area (Å²) >= 11 is 0. The lowest BCUT2D eigenvalue weighted by atomic mass is 9.92. The summed E-state index contributed by atoms with van der Waals surface area (Å²) in [6, 6.07) is 0. The molecule has 4 atom stereocenters. The minimum atomic E-state index is 0.618. The molecule has 138 valence electrons. The first-order valence-corrected chi connectivity index (χ1v) is 10.9. The Hall–Kier alpha value is -0.0400. The quantitative estimate of drug-likeness (QED) is 0.211. The third-order valence-corrected chi connectivity index (χ3v) is 5.98. The molecule has 4 unspecified atom stereocenters. The van der Waals surface area contributed by atoms with Gasteiger partial charge in [0.1, 0.15) is 0 Å². The first kappa shape index (κ1) is 21.0. The molecule has 1 aliphatic rings. The summed E-state index contributed by atoms with van der Waals surface area (Å²) in [5, 5.41) is 0. The summed E-state index contributed by atoms with van der Waals surface area (Å²) in [7, 11) is 0. The Bertz CT molecular complexity index is 263. The molecule has 0 N–H and O–H groups in total. The lowest BCUT2D eigenvalue weighted by molar-refractivity contribution is 0.327. The summed E-state index contributed by atoms with van der Waals surface area (Å²) in [6.45, 7) is 9.33. The van der Waals surface area contributed by atoms with E-state index in [1.807, 2.05) is 0 Å². The molecule has 0 aromatic rings. The van der Waals surface area contributed by atoms with E-state index < -0.39 is 0 Å². The van der Waals surface area contributed by atoms with Crippen LogP contribution in [-0.4, -0.2) is 12.2 Å². The molecule has 1 heteroatoms. The lowest BCUT2D eigenvalue weighted by Crippen LogP contribution is -2.03. The van der Waals surface area contributed by atoms with E-state index in [0.29, 0.717) is 12.2 Å². The molecular formula is C22H44O. The number of rotatable bonds is 16. The summed E-state index contributed by atoms with van der Waals surface area (Å²) in [4.78, 5) is 0. The molecule has 1 saturated heterocycles. The van der Waals surface area contributed by atoms with E-state index in [4.69, 9.17) is 4.74 Å². The smallest absolute Gasteiger partial charge is 0.0842 e. The largest absolute Gasteiger partial charge is 0.370 e. The van der Waals surface area contributed by atoms with Crippen molar-refractivity contribution >= 4 is 0 Å². The molecule has 0 aromatic carbocycles. The van der Waals surface area contributed by atoms with Gasteiger partial charge in [-0.15, -0.1) is 0 Å². The SMILES string of the molecule is CCCCC(CC)CCCCC1OC1CCC(CC)CCCC. The van der Waals surface area contributed by atoms with E-state index in [1.165, 1.54) is 89.9 Å². The third kappa shape index (κ3) is 9.75. The van der Waals surface area contributed by atoms with Crippen LogP contribution in [-0.2, 0) is 4.74 Å². The molecule has 0 saturated carbocycles. The van der Waals surface area contributed by atoms with Crippen LogP contribution in [0.1, 0.15) is 118 Å².